The van der Waals surface area contributed by atoms with Crippen LogP contribution in [-0.2, 0) is 4.79 Å². The monoisotopic (exact) mass is 284 g/mol. The average molecular weight is 285 g/mol. The molecule has 104 valence electrons. The normalized spacial score (nSPS) is 12.9. The summed E-state index contributed by atoms with van der Waals surface area (Å²) in [6.07, 6.45) is 0. The van der Waals surface area contributed by atoms with E-state index in [9.17, 15) is 9.59 Å². The predicted octanol–water partition coefficient (Wildman–Crippen LogP) is 2.35. The van der Waals surface area contributed by atoms with Gasteiger partial charge in [-0.05, 0) is 23.6 Å². The van der Waals surface area contributed by atoms with Crippen molar-refractivity contribution in [1.82, 2.24) is 0 Å². The molecule has 4 N–H and O–H groups in total. The van der Waals surface area contributed by atoms with Crippen LogP contribution in [0.15, 0.2) is 18.2 Å². The van der Waals surface area contributed by atoms with E-state index in [0.717, 1.165) is 0 Å². The molecule has 0 heterocycles. The lowest BCUT2D eigenvalue weighted by atomic mass is 9.87. The minimum atomic E-state index is -1.12. The highest BCUT2D eigenvalue weighted by molar-refractivity contribution is 6.33. The van der Waals surface area contributed by atoms with Gasteiger partial charge in [0, 0.05) is 5.69 Å². The summed E-state index contributed by atoms with van der Waals surface area (Å²) in [4.78, 5) is 22.7. The Hall–Kier alpha value is -1.59. The van der Waals surface area contributed by atoms with Crippen LogP contribution in [0, 0.1) is 5.41 Å². The first-order valence-electron chi connectivity index (χ1n) is 5.72. The second-order valence-electron chi connectivity index (χ2n) is 5.33. The first-order valence-corrected chi connectivity index (χ1v) is 6.10. The molecule has 1 rings (SSSR count). The van der Waals surface area contributed by atoms with Gasteiger partial charge in [-0.2, -0.15) is 0 Å². The summed E-state index contributed by atoms with van der Waals surface area (Å²) >= 11 is 5.81. The maximum atomic E-state index is 11.9. The number of hydrogen-bond donors (Lipinski definition) is 3. The molecule has 1 aromatic rings. The maximum absolute atomic E-state index is 11.9. The number of amides is 1. The standard InChI is InChI=1S/C13H17ClN2O3/c1-13(2,3)10(15)11(17)16-7-4-5-8(12(18)19)9(14)6-7/h4-6,10H,15H2,1-3H3,(H,16,17)(H,18,19)/t10-/m0/s1. The molecule has 6 heteroatoms. The number of carbonyl (C=O) groups is 2. The van der Waals surface area contributed by atoms with Crippen molar-refractivity contribution in [2.75, 3.05) is 5.32 Å². The molecule has 0 saturated heterocycles. The summed E-state index contributed by atoms with van der Waals surface area (Å²) < 4.78 is 0. The van der Waals surface area contributed by atoms with Crippen molar-refractivity contribution in [3.63, 3.8) is 0 Å². The number of aromatic carboxylic acids is 1. The lowest BCUT2D eigenvalue weighted by Crippen LogP contribution is -2.45. The maximum Gasteiger partial charge on any atom is 0.337 e. The third-order valence-electron chi connectivity index (χ3n) is 2.68. The van der Waals surface area contributed by atoms with E-state index in [-0.39, 0.29) is 21.9 Å². The van der Waals surface area contributed by atoms with Crippen molar-refractivity contribution in [2.24, 2.45) is 11.1 Å². The fourth-order valence-electron chi connectivity index (χ4n) is 1.38. The molecule has 1 aromatic carbocycles. The number of rotatable bonds is 3. The van der Waals surface area contributed by atoms with E-state index < -0.39 is 12.0 Å². The molecular formula is C13H17ClN2O3. The lowest BCUT2D eigenvalue weighted by Gasteiger charge is -2.25. The molecule has 0 aliphatic heterocycles. The fraction of sp³-hybridized carbons (Fsp3) is 0.385. The van der Waals surface area contributed by atoms with Crippen molar-refractivity contribution < 1.29 is 14.7 Å². The Morgan fingerprint density at radius 3 is 2.37 bits per heavy atom. The average Bonchev–Trinajstić information content (AvgIpc) is 2.26. The molecule has 0 spiro atoms. The predicted molar refractivity (Wildman–Crippen MR) is 74.5 cm³/mol. The van der Waals surface area contributed by atoms with Crippen molar-refractivity contribution in [2.45, 2.75) is 26.8 Å². The van der Waals surface area contributed by atoms with Crippen LogP contribution in [0.4, 0.5) is 5.69 Å². The molecule has 0 aliphatic carbocycles. The fourth-order valence-corrected chi connectivity index (χ4v) is 1.64. The number of benzene rings is 1. The summed E-state index contributed by atoms with van der Waals surface area (Å²) in [6, 6.07) is 3.52. The number of nitrogens with two attached hydrogens (primary N) is 1. The number of carbonyl (C=O) groups excluding carboxylic acids is 1. The molecule has 0 bridgehead atoms. The zero-order chi connectivity index (χ0) is 14.8. The molecule has 0 radical (unpaired) electrons. The van der Waals surface area contributed by atoms with Gasteiger partial charge in [-0.1, -0.05) is 32.4 Å². The molecular weight excluding hydrogens is 268 g/mol. The van der Waals surface area contributed by atoms with Gasteiger partial charge in [0.25, 0.3) is 0 Å². The number of hydrogen-bond acceptors (Lipinski definition) is 3. The Bertz CT molecular complexity index is 509. The minimum absolute atomic E-state index is 0.0141. The highest BCUT2D eigenvalue weighted by atomic mass is 35.5. The van der Waals surface area contributed by atoms with E-state index in [1.165, 1.54) is 18.2 Å². The van der Waals surface area contributed by atoms with Crippen molar-refractivity contribution in [1.29, 1.82) is 0 Å². The smallest absolute Gasteiger partial charge is 0.337 e. The SMILES string of the molecule is CC(C)(C)[C@@H](N)C(=O)Nc1ccc(C(=O)O)c(Cl)c1. The summed E-state index contributed by atoms with van der Waals surface area (Å²) in [7, 11) is 0. The van der Waals surface area contributed by atoms with Crippen LogP contribution in [0.25, 0.3) is 0 Å². The first kappa shape index (κ1) is 15.5. The number of carboxylic acids is 1. The van der Waals surface area contributed by atoms with Crippen LogP contribution < -0.4 is 11.1 Å². The quantitative estimate of drug-likeness (QED) is 0.794. The Morgan fingerprint density at radius 2 is 1.95 bits per heavy atom. The molecule has 1 amide bonds. The van der Waals surface area contributed by atoms with Crippen LogP contribution in [0.3, 0.4) is 0 Å². The number of carboxylic acid groups (broad SMARTS) is 1. The third-order valence-corrected chi connectivity index (χ3v) is 3.00. The van der Waals surface area contributed by atoms with Crippen molar-refractivity contribution in [3.05, 3.63) is 28.8 Å². The summed E-state index contributed by atoms with van der Waals surface area (Å²) in [5.41, 5.74) is 5.86. The zero-order valence-electron chi connectivity index (χ0n) is 11.0. The van der Waals surface area contributed by atoms with Crippen LogP contribution in [0.5, 0.6) is 0 Å². The van der Waals surface area contributed by atoms with Gasteiger partial charge in [-0.15, -0.1) is 0 Å². The van der Waals surface area contributed by atoms with E-state index >= 15 is 0 Å². The number of anilines is 1. The zero-order valence-corrected chi connectivity index (χ0v) is 11.8. The van der Waals surface area contributed by atoms with Gasteiger partial charge in [0.2, 0.25) is 5.91 Å². The van der Waals surface area contributed by atoms with E-state index in [0.29, 0.717) is 5.69 Å². The topological polar surface area (TPSA) is 92.4 Å². The van der Waals surface area contributed by atoms with Gasteiger partial charge in [-0.25, -0.2) is 4.79 Å². The Morgan fingerprint density at radius 1 is 1.37 bits per heavy atom. The second-order valence-corrected chi connectivity index (χ2v) is 5.74. The van der Waals surface area contributed by atoms with Gasteiger partial charge < -0.3 is 16.2 Å². The van der Waals surface area contributed by atoms with Crippen LogP contribution in [0.1, 0.15) is 31.1 Å². The van der Waals surface area contributed by atoms with E-state index in [1.807, 2.05) is 20.8 Å². The molecule has 0 saturated carbocycles. The Balaban J connectivity index is 2.87. The van der Waals surface area contributed by atoms with Crippen molar-refractivity contribution >= 4 is 29.2 Å². The molecule has 0 aromatic heterocycles. The van der Waals surface area contributed by atoms with Crippen LogP contribution >= 0.6 is 11.6 Å². The van der Waals surface area contributed by atoms with Crippen LogP contribution in [0.2, 0.25) is 5.02 Å². The van der Waals surface area contributed by atoms with E-state index in [2.05, 4.69) is 5.32 Å². The van der Waals surface area contributed by atoms with Gasteiger partial charge in [0.05, 0.1) is 16.6 Å². The summed E-state index contributed by atoms with van der Waals surface area (Å²) in [5.74, 6) is -1.46. The number of halogens is 1. The Labute approximate surface area is 116 Å². The molecule has 0 fully saturated rings. The Kier molecular flexibility index (Phi) is 4.55. The van der Waals surface area contributed by atoms with E-state index in [1.54, 1.807) is 0 Å². The third kappa shape index (κ3) is 3.94. The molecule has 0 aliphatic rings. The van der Waals surface area contributed by atoms with Gasteiger partial charge >= 0.3 is 5.97 Å². The molecule has 0 unspecified atom stereocenters. The molecule has 5 nitrogen and oxygen atoms in total. The highest BCUT2D eigenvalue weighted by Crippen LogP contribution is 2.23. The van der Waals surface area contributed by atoms with Gasteiger partial charge in [-0.3, -0.25) is 4.79 Å². The van der Waals surface area contributed by atoms with Gasteiger partial charge in [0.15, 0.2) is 0 Å². The summed E-state index contributed by atoms with van der Waals surface area (Å²) in [6.45, 7) is 5.58. The van der Waals surface area contributed by atoms with Crippen molar-refractivity contribution in [3.8, 4) is 0 Å². The first-order chi connectivity index (χ1) is 8.62. The highest BCUT2D eigenvalue weighted by Gasteiger charge is 2.27. The largest absolute Gasteiger partial charge is 0.478 e. The second kappa shape index (κ2) is 5.59. The molecule has 19 heavy (non-hydrogen) atoms. The summed E-state index contributed by atoms with van der Waals surface area (Å²) in [5, 5.41) is 11.5. The molecule has 1 atom stereocenters. The van der Waals surface area contributed by atoms with E-state index in [4.69, 9.17) is 22.4 Å². The van der Waals surface area contributed by atoms with Gasteiger partial charge in [0.1, 0.15) is 0 Å². The minimum Gasteiger partial charge on any atom is -0.478 e. The lowest BCUT2D eigenvalue weighted by molar-refractivity contribution is -0.119. The van der Waals surface area contributed by atoms with Crippen LogP contribution in [-0.4, -0.2) is 23.0 Å². The number of nitrogens with one attached hydrogen (secondary N) is 1.